The minimum atomic E-state index is -0.665. The highest BCUT2D eigenvalue weighted by Crippen LogP contribution is 2.21. The number of amides is 1. The summed E-state index contributed by atoms with van der Waals surface area (Å²) in [7, 11) is 5.67. The van der Waals surface area contributed by atoms with E-state index >= 15 is 0 Å². The summed E-state index contributed by atoms with van der Waals surface area (Å²) in [5.74, 6) is 0.491. The predicted octanol–water partition coefficient (Wildman–Crippen LogP) is 2.52. The van der Waals surface area contributed by atoms with Gasteiger partial charge in [-0.05, 0) is 18.6 Å². The number of unbranched alkanes of at least 4 members (excludes halogenated alkanes) is 1. The maximum atomic E-state index is 12.4. The van der Waals surface area contributed by atoms with Crippen LogP contribution in [0.3, 0.4) is 0 Å². The van der Waals surface area contributed by atoms with Crippen molar-refractivity contribution >= 4 is 19.2 Å². The van der Waals surface area contributed by atoms with E-state index in [0.29, 0.717) is 17.8 Å². The first-order valence-corrected chi connectivity index (χ1v) is 7.55. The van der Waals surface area contributed by atoms with Gasteiger partial charge in [-0.3, -0.25) is 4.79 Å². The molecule has 0 aliphatic carbocycles. The summed E-state index contributed by atoms with van der Waals surface area (Å²) in [6.45, 7) is 2.75. The molecule has 112 valence electrons. The van der Waals surface area contributed by atoms with Crippen LogP contribution < -0.4 is 15.5 Å². The van der Waals surface area contributed by atoms with Gasteiger partial charge in [-0.1, -0.05) is 61.3 Å². The molecule has 0 heterocycles. The Morgan fingerprint density at radius 2 is 1.82 bits per heavy atom. The Kier molecular flexibility index (Phi) is 6.07. The third-order valence-corrected chi connectivity index (χ3v) is 3.30. The normalized spacial score (nSPS) is 11.7. The molecule has 2 aromatic carbocycles. The molecule has 1 unspecified atom stereocenters. The third kappa shape index (κ3) is 4.66. The van der Waals surface area contributed by atoms with Gasteiger partial charge in [-0.25, -0.2) is 0 Å². The van der Waals surface area contributed by atoms with E-state index < -0.39 is 6.10 Å². The van der Waals surface area contributed by atoms with Crippen molar-refractivity contribution in [2.75, 3.05) is 6.54 Å². The molecule has 0 fully saturated rings. The van der Waals surface area contributed by atoms with Crippen LogP contribution in [0.15, 0.2) is 54.6 Å². The lowest BCUT2D eigenvalue weighted by Crippen LogP contribution is -2.33. The third-order valence-electron chi connectivity index (χ3n) is 3.30. The van der Waals surface area contributed by atoms with Crippen LogP contribution in [0, 0.1) is 0 Å². The van der Waals surface area contributed by atoms with E-state index in [1.54, 1.807) is 24.3 Å². The van der Waals surface area contributed by atoms with Gasteiger partial charge in [0, 0.05) is 12.1 Å². The average molecular weight is 293 g/mol. The zero-order chi connectivity index (χ0) is 15.8. The number of hydrogen-bond acceptors (Lipinski definition) is 2. The van der Waals surface area contributed by atoms with Crippen molar-refractivity contribution in [1.29, 1.82) is 0 Å². The van der Waals surface area contributed by atoms with Crippen LogP contribution in [0.5, 0.6) is 5.75 Å². The molecule has 0 saturated carbocycles. The highest BCUT2D eigenvalue weighted by Gasteiger charge is 2.22. The van der Waals surface area contributed by atoms with Gasteiger partial charge in [-0.2, -0.15) is 0 Å². The fourth-order valence-electron chi connectivity index (χ4n) is 2.06. The summed E-state index contributed by atoms with van der Waals surface area (Å²) in [4.78, 5) is 12.4. The average Bonchev–Trinajstić information content (AvgIpc) is 2.55. The van der Waals surface area contributed by atoms with Gasteiger partial charge in [0.1, 0.15) is 13.6 Å². The van der Waals surface area contributed by atoms with E-state index in [-0.39, 0.29) is 5.91 Å². The quantitative estimate of drug-likeness (QED) is 0.629. The summed E-state index contributed by atoms with van der Waals surface area (Å²) in [5, 5.41) is 2.93. The standard InChI is InChI=1S/C18H20BNO2/c1-2-3-13-20-18(21)17(14-7-5-4-6-8-14)22-16-11-9-15(19)10-12-16/h4-12,17H,2-3,13H2,1H3,(H,20,21). The number of carbonyl (C=O) groups excluding carboxylic acids is 1. The number of carbonyl (C=O) groups is 1. The lowest BCUT2D eigenvalue weighted by atomic mass is 9.97. The molecule has 0 spiro atoms. The van der Waals surface area contributed by atoms with Crippen LogP contribution >= 0.6 is 0 Å². The van der Waals surface area contributed by atoms with Crippen LogP contribution in [0.2, 0.25) is 0 Å². The van der Waals surface area contributed by atoms with Gasteiger partial charge in [-0.15, -0.1) is 0 Å². The van der Waals surface area contributed by atoms with E-state index in [1.165, 1.54) is 0 Å². The van der Waals surface area contributed by atoms with E-state index in [0.717, 1.165) is 18.4 Å². The smallest absolute Gasteiger partial charge is 0.265 e. The zero-order valence-electron chi connectivity index (χ0n) is 12.8. The Bertz CT molecular complexity index is 584. The molecule has 2 aromatic rings. The topological polar surface area (TPSA) is 38.3 Å². The maximum Gasteiger partial charge on any atom is 0.265 e. The van der Waals surface area contributed by atoms with E-state index in [2.05, 4.69) is 12.2 Å². The SMILES string of the molecule is [B]c1ccc(OC(C(=O)NCCCC)c2ccccc2)cc1. The largest absolute Gasteiger partial charge is 0.476 e. The Labute approximate surface area is 133 Å². The summed E-state index contributed by atoms with van der Waals surface area (Å²) in [6, 6.07) is 16.5. The molecule has 1 N–H and O–H groups in total. The minimum Gasteiger partial charge on any atom is -0.476 e. The van der Waals surface area contributed by atoms with Crippen molar-refractivity contribution in [3.8, 4) is 5.75 Å². The second-order valence-electron chi connectivity index (χ2n) is 5.12. The molecule has 3 nitrogen and oxygen atoms in total. The Morgan fingerprint density at radius 3 is 2.45 bits per heavy atom. The summed E-state index contributed by atoms with van der Waals surface area (Å²) < 4.78 is 5.88. The monoisotopic (exact) mass is 293 g/mol. The van der Waals surface area contributed by atoms with Crippen LogP contribution in [0.4, 0.5) is 0 Å². The molecule has 4 heteroatoms. The van der Waals surface area contributed by atoms with Gasteiger partial charge in [0.15, 0.2) is 0 Å². The highest BCUT2D eigenvalue weighted by molar-refractivity contribution is 6.32. The van der Waals surface area contributed by atoms with Crippen LogP contribution in [-0.2, 0) is 4.79 Å². The highest BCUT2D eigenvalue weighted by atomic mass is 16.5. The molecular weight excluding hydrogens is 273 g/mol. The summed E-state index contributed by atoms with van der Waals surface area (Å²) in [6.07, 6.45) is 1.33. The molecule has 0 aliphatic heterocycles. The van der Waals surface area contributed by atoms with Crippen LogP contribution in [-0.4, -0.2) is 20.3 Å². The minimum absolute atomic E-state index is 0.128. The van der Waals surface area contributed by atoms with Crippen molar-refractivity contribution in [3.05, 3.63) is 60.2 Å². The molecule has 2 radical (unpaired) electrons. The van der Waals surface area contributed by atoms with E-state index in [1.807, 2.05) is 30.3 Å². The second kappa shape index (κ2) is 8.27. The van der Waals surface area contributed by atoms with E-state index in [4.69, 9.17) is 12.6 Å². The van der Waals surface area contributed by atoms with Crippen molar-refractivity contribution in [1.82, 2.24) is 5.32 Å². The summed E-state index contributed by atoms with van der Waals surface area (Å²) in [5.41, 5.74) is 1.49. The summed E-state index contributed by atoms with van der Waals surface area (Å²) >= 11 is 0. The molecule has 1 amide bonds. The van der Waals surface area contributed by atoms with Crippen molar-refractivity contribution in [3.63, 3.8) is 0 Å². The number of hydrogen-bond donors (Lipinski definition) is 1. The molecule has 0 aliphatic rings. The van der Waals surface area contributed by atoms with Gasteiger partial charge in [0.2, 0.25) is 6.10 Å². The van der Waals surface area contributed by atoms with Gasteiger partial charge in [0.25, 0.3) is 5.91 Å². The molecule has 1 atom stereocenters. The number of nitrogens with one attached hydrogen (secondary N) is 1. The van der Waals surface area contributed by atoms with Gasteiger partial charge >= 0.3 is 0 Å². The maximum absolute atomic E-state index is 12.4. The Balaban J connectivity index is 2.14. The van der Waals surface area contributed by atoms with Crippen molar-refractivity contribution in [2.45, 2.75) is 25.9 Å². The first-order valence-electron chi connectivity index (χ1n) is 7.55. The zero-order valence-corrected chi connectivity index (χ0v) is 12.8. The van der Waals surface area contributed by atoms with Crippen LogP contribution in [0.25, 0.3) is 0 Å². The lowest BCUT2D eigenvalue weighted by molar-refractivity contribution is -0.128. The van der Waals surface area contributed by atoms with Crippen molar-refractivity contribution in [2.24, 2.45) is 0 Å². The predicted molar refractivity (Wildman–Crippen MR) is 89.6 cm³/mol. The molecule has 0 bridgehead atoms. The first kappa shape index (κ1) is 16.2. The van der Waals surface area contributed by atoms with Crippen molar-refractivity contribution < 1.29 is 9.53 Å². The molecule has 0 saturated heterocycles. The second-order valence-corrected chi connectivity index (χ2v) is 5.12. The van der Waals surface area contributed by atoms with Gasteiger partial charge in [0.05, 0.1) is 0 Å². The Hall–Kier alpha value is -2.23. The van der Waals surface area contributed by atoms with E-state index in [9.17, 15) is 4.79 Å². The molecule has 0 aromatic heterocycles. The number of rotatable bonds is 7. The molecule has 2 rings (SSSR count). The fraction of sp³-hybridized carbons (Fsp3) is 0.278. The van der Waals surface area contributed by atoms with Gasteiger partial charge < -0.3 is 10.1 Å². The number of benzene rings is 2. The molecular formula is C18H20BNO2. The fourth-order valence-corrected chi connectivity index (χ4v) is 2.06. The number of ether oxygens (including phenoxy) is 1. The first-order chi connectivity index (χ1) is 10.7. The van der Waals surface area contributed by atoms with Crippen LogP contribution in [0.1, 0.15) is 31.4 Å². The molecule has 22 heavy (non-hydrogen) atoms. The Morgan fingerprint density at radius 1 is 1.14 bits per heavy atom. The lowest BCUT2D eigenvalue weighted by Gasteiger charge is -2.19.